The Bertz CT molecular complexity index is 1720. The second-order valence-corrected chi connectivity index (χ2v) is 12.1. The van der Waals surface area contributed by atoms with E-state index in [-0.39, 0.29) is 11.7 Å². The average Bonchev–Trinajstić information content (AvgIpc) is 3.43. The normalized spacial score (nSPS) is 28.4. The molecule has 3 aliphatic rings. The summed E-state index contributed by atoms with van der Waals surface area (Å²) in [5.74, 6) is -1.38. The highest BCUT2D eigenvalue weighted by molar-refractivity contribution is 7.97. The number of rotatable bonds is 6. The lowest BCUT2D eigenvalue weighted by molar-refractivity contribution is -0.133. The maximum absolute atomic E-state index is 14.9. The van der Waals surface area contributed by atoms with E-state index < -0.39 is 27.4 Å². The molecule has 1 saturated carbocycles. The zero-order chi connectivity index (χ0) is 28.4. The van der Waals surface area contributed by atoms with Crippen molar-refractivity contribution in [3.8, 4) is 5.75 Å². The number of carbonyl (C=O) groups excluding carboxylic acids is 3. The summed E-state index contributed by atoms with van der Waals surface area (Å²) in [7, 11) is 0. The number of nitrogens with zero attached hydrogens (tertiary/aromatic N) is 1. The molecule has 4 unspecified atom stereocenters. The number of allylic oxidation sites excluding steroid dienone is 2. The van der Waals surface area contributed by atoms with E-state index in [4.69, 9.17) is 4.18 Å². The highest BCUT2D eigenvalue weighted by Crippen LogP contribution is 2.78. The van der Waals surface area contributed by atoms with Crippen LogP contribution >= 0.6 is 12.0 Å². The number of imide groups is 1. The molecule has 2 bridgehead atoms. The minimum atomic E-state index is -1.54. The van der Waals surface area contributed by atoms with Crippen molar-refractivity contribution in [2.75, 3.05) is 4.90 Å². The second-order valence-electron chi connectivity index (χ2n) is 11.1. The van der Waals surface area contributed by atoms with Crippen LogP contribution in [0.1, 0.15) is 25.0 Å². The van der Waals surface area contributed by atoms with Gasteiger partial charge in [-0.05, 0) is 60.4 Å². The van der Waals surface area contributed by atoms with E-state index in [0.717, 1.165) is 34.3 Å². The van der Waals surface area contributed by atoms with Crippen LogP contribution in [0.3, 0.4) is 0 Å². The number of amides is 2. The summed E-state index contributed by atoms with van der Waals surface area (Å²) < 4.78 is 4.74. The van der Waals surface area contributed by atoms with Crippen LogP contribution in [-0.2, 0) is 14.4 Å². The van der Waals surface area contributed by atoms with Crippen LogP contribution in [0.5, 0.6) is 5.75 Å². The quantitative estimate of drug-likeness (QED) is 0.191. The molecule has 4 atom stereocenters. The molecule has 2 aliphatic carbocycles. The first-order chi connectivity index (χ1) is 19.9. The number of Topliss-reactive ketones (excluding diaryl/α,β-unsaturated/α-hetero) is 1. The molecular weight excluding hydrogens is 530 g/mol. The SMILES string of the molecule is CC12C(=O)C(C)(C(c3ccccc3)=C1c1ccccc1)C1(SOc3ccccc3)C(=O)N(c3ccccc3)C(=O)C21. The van der Waals surface area contributed by atoms with Crippen molar-refractivity contribution in [2.45, 2.75) is 18.6 Å². The van der Waals surface area contributed by atoms with Gasteiger partial charge in [-0.2, -0.15) is 0 Å². The van der Waals surface area contributed by atoms with Crippen LogP contribution in [-0.4, -0.2) is 22.3 Å². The van der Waals surface area contributed by atoms with Crippen LogP contribution in [0.2, 0.25) is 0 Å². The summed E-state index contributed by atoms with van der Waals surface area (Å²) in [5, 5.41) is 0. The van der Waals surface area contributed by atoms with Gasteiger partial charge in [0.25, 0.3) is 5.91 Å². The van der Waals surface area contributed by atoms with Crippen molar-refractivity contribution < 1.29 is 18.6 Å². The zero-order valence-electron chi connectivity index (χ0n) is 22.6. The second kappa shape index (κ2) is 9.05. The van der Waals surface area contributed by atoms with Gasteiger partial charge in [0.1, 0.15) is 5.75 Å². The fourth-order valence-corrected chi connectivity index (χ4v) is 8.70. The van der Waals surface area contributed by atoms with Crippen molar-refractivity contribution in [1.82, 2.24) is 0 Å². The molecule has 2 amide bonds. The van der Waals surface area contributed by atoms with E-state index in [1.807, 2.05) is 98.8 Å². The molecule has 0 radical (unpaired) electrons. The predicted molar refractivity (Wildman–Crippen MR) is 161 cm³/mol. The summed E-state index contributed by atoms with van der Waals surface area (Å²) in [6, 6.07) is 37.6. The number of carbonyl (C=O) groups is 3. The first kappa shape index (κ1) is 25.5. The van der Waals surface area contributed by atoms with Crippen LogP contribution in [0, 0.1) is 16.7 Å². The molecule has 1 heterocycles. The first-order valence-electron chi connectivity index (χ1n) is 13.6. The third-order valence-corrected chi connectivity index (χ3v) is 10.4. The monoisotopic (exact) mass is 557 g/mol. The Morgan fingerprint density at radius 1 is 0.659 bits per heavy atom. The molecule has 0 aromatic heterocycles. The molecule has 1 saturated heterocycles. The number of benzene rings is 4. The van der Waals surface area contributed by atoms with E-state index in [1.165, 1.54) is 4.90 Å². The summed E-state index contributed by atoms with van der Waals surface area (Å²) in [4.78, 5) is 45.6. The summed E-state index contributed by atoms with van der Waals surface area (Å²) in [6.45, 7) is 3.69. The van der Waals surface area contributed by atoms with E-state index in [2.05, 4.69) is 0 Å². The van der Waals surface area contributed by atoms with E-state index in [1.54, 1.807) is 36.4 Å². The van der Waals surface area contributed by atoms with Gasteiger partial charge in [-0.3, -0.25) is 14.4 Å². The van der Waals surface area contributed by atoms with Gasteiger partial charge in [-0.15, -0.1) is 0 Å². The van der Waals surface area contributed by atoms with Crippen LogP contribution in [0.15, 0.2) is 121 Å². The fraction of sp³-hybridized carbons (Fsp3) is 0.171. The van der Waals surface area contributed by atoms with Crippen molar-refractivity contribution in [2.24, 2.45) is 16.7 Å². The fourth-order valence-electron chi connectivity index (χ4n) is 7.40. The first-order valence-corrected chi connectivity index (χ1v) is 14.4. The molecule has 2 fully saturated rings. The van der Waals surface area contributed by atoms with E-state index in [9.17, 15) is 14.4 Å². The molecule has 4 aromatic carbocycles. The van der Waals surface area contributed by atoms with Gasteiger partial charge in [-0.1, -0.05) is 97.1 Å². The zero-order valence-corrected chi connectivity index (χ0v) is 23.4. The minimum absolute atomic E-state index is 0.133. The molecule has 1 aliphatic heterocycles. The molecule has 41 heavy (non-hydrogen) atoms. The van der Waals surface area contributed by atoms with Gasteiger partial charge < -0.3 is 4.18 Å². The summed E-state index contributed by atoms with van der Waals surface area (Å²) in [6.07, 6.45) is 0. The van der Waals surface area contributed by atoms with Crippen LogP contribution in [0.4, 0.5) is 5.69 Å². The lowest BCUT2D eigenvalue weighted by Gasteiger charge is -2.43. The van der Waals surface area contributed by atoms with Gasteiger partial charge in [0.15, 0.2) is 10.5 Å². The summed E-state index contributed by atoms with van der Waals surface area (Å²) in [5.41, 5.74) is 1.13. The number of para-hydroxylation sites is 2. The third-order valence-electron chi connectivity index (χ3n) is 9.06. The van der Waals surface area contributed by atoms with Crippen molar-refractivity contribution in [1.29, 1.82) is 0 Å². The molecule has 7 rings (SSSR count). The van der Waals surface area contributed by atoms with Gasteiger partial charge in [-0.25, -0.2) is 4.90 Å². The Morgan fingerprint density at radius 3 is 1.71 bits per heavy atom. The molecule has 6 heteroatoms. The van der Waals surface area contributed by atoms with Crippen molar-refractivity contribution >= 4 is 46.5 Å². The number of hydrogen-bond donors (Lipinski definition) is 0. The van der Waals surface area contributed by atoms with E-state index >= 15 is 0 Å². The Balaban J connectivity index is 1.53. The number of hydrogen-bond acceptors (Lipinski definition) is 5. The molecule has 202 valence electrons. The number of anilines is 1. The Hall–Kier alpha value is -4.42. The largest absolute Gasteiger partial charge is 0.425 e. The molecular formula is C35H27NO4S. The molecule has 0 spiro atoms. The van der Waals surface area contributed by atoms with Gasteiger partial charge >= 0.3 is 0 Å². The van der Waals surface area contributed by atoms with Crippen molar-refractivity contribution in [3.63, 3.8) is 0 Å². The predicted octanol–water partition coefficient (Wildman–Crippen LogP) is 6.86. The maximum Gasteiger partial charge on any atom is 0.255 e. The smallest absolute Gasteiger partial charge is 0.255 e. The highest BCUT2D eigenvalue weighted by Gasteiger charge is 2.87. The molecule has 0 N–H and O–H groups in total. The van der Waals surface area contributed by atoms with E-state index in [0.29, 0.717) is 11.4 Å². The maximum atomic E-state index is 14.9. The lowest BCUT2D eigenvalue weighted by Crippen LogP contribution is -2.53. The van der Waals surface area contributed by atoms with Crippen molar-refractivity contribution in [3.05, 3.63) is 132 Å². The van der Waals surface area contributed by atoms with Gasteiger partial charge in [0.2, 0.25) is 5.91 Å². The Labute approximate surface area is 243 Å². The Kier molecular flexibility index (Phi) is 5.64. The minimum Gasteiger partial charge on any atom is -0.425 e. The van der Waals surface area contributed by atoms with Crippen LogP contribution < -0.4 is 9.08 Å². The van der Waals surface area contributed by atoms with Gasteiger partial charge in [0, 0.05) is 0 Å². The third kappa shape index (κ3) is 3.17. The molecule has 5 nitrogen and oxygen atoms in total. The topological polar surface area (TPSA) is 63.7 Å². The molecule has 4 aromatic rings. The lowest BCUT2D eigenvalue weighted by atomic mass is 9.62. The average molecular weight is 558 g/mol. The number of fused-ring (bicyclic) bond motifs is 5. The standard InChI is InChI=1S/C35H27NO4S/c1-33-27(23-15-7-3-8-16-23)28(24-17-9-4-10-18-24)34(2,31(33)38)35(41-40-26-21-13-6-14-22-26)29(33)30(37)36(32(35)39)25-19-11-5-12-20-25/h3-22,29H,1-2H3. The number of ketones is 1. The Morgan fingerprint density at radius 2 is 1.15 bits per heavy atom. The highest BCUT2D eigenvalue weighted by atomic mass is 32.2. The van der Waals surface area contributed by atoms with Crippen LogP contribution in [0.25, 0.3) is 11.1 Å². The summed E-state index contributed by atoms with van der Waals surface area (Å²) >= 11 is 0.958. The van der Waals surface area contributed by atoms with Gasteiger partial charge in [0.05, 0.1) is 34.5 Å².